The molecule has 13 heteroatoms. The lowest BCUT2D eigenvalue weighted by molar-refractivity contribution is -0.137. The van der Waals surface area contributed by atoms with Gasteiger partial charge in [-0.2, -0.15) is 13.2 Å². The van der Waals surface area contributed by atoms with E-state index < -0.39 is 46.0 Å². The summed E-state index contributed by atoms with van der Waals surface area (Å²) in [6.07, 6.45) is -4.59. The molecule has 8 nitrogen and oxygen atoms in total. The number of hydrazine groups is 1. The van der Waals surface area contributed by atoms with E-state index in [1.54, 1.807) is 0 Å². The molecule has 2 aromatic carbocycles. The van der Waals surface area contributed by atoms with E-state index in [1.807, 2.05) is 5.43 Å². The molecule has 3 N–H and O–H groups in total. The fourth-order valence-corrected chi connectivity index (χ4v) is 3.38. The normalized spacial score (nSPS) is 11.6. The maximum Gasteiger partial charge on any atom is 0.416 e. The molecule has 0 aliphatic carbocycles. The van der Waals surface area contributed by atoms with Gasteiger partial charge in [0.25, 0.3) is 5.91 Å². The van der Waals surface area contributed by atoms with Gasteiger partial charge in [-0.05, 0) is 48.9 Å². The molecule has 0 spiro atoms. The lowest BCUT2D eigenvalue weighted by Gasteiger charge is -2.11. The second-order valence-electron chi connectivity index (χ2n) is 6.37. The van der Waals surface area contributed by atoms with E-state index in [9.17, 15) is 35.6 Å². The van der Waals surface area contributed by atoms with Crippen molar-refractivity contribution in [2.24, 2.45) is 0 Å². The average molecular weight is 477 g/mol. The molecule has 0 atom stereocenters. The molecular formula is C19H19F4N3O5S. The van der Waals surface area contributed by atoms with Gasteiger partial charge in [-0.3, -0.25) is 20.4 Å². The second-order valence-corrected chi connectivity index (χ2v) is 8.13. The van der Waals surface area contributed by atoms with E-state index in [4.69, 9.17) is 4.74 Å². The van der Waals surface area contributed by atoms with Crippen LogP contribution in [0.2, 0.25) is 0 Å². The minimum Gasteiger partial charge on any atom is -0.484 e. The molecule has 32 heavy (non-hydrogen) atoms. The van der Waals surface area contributed by atoms with Gasteiger partial charge in [-0.15, -0.1) is 0 Å². The Morgan fingerprint density at radius 3 is 2.28 bits per heavy atom. The molecule has 2 amide bonds. The number of carbonyl (C=O) groups is 2. The molecular weight excluding hydrogens is 458 g/mol. The van der Waals surface area contributed by atoms with Crippen molar-refractivity contribution in [2.45, 2.75) is 23.9 Å². The molecule has 0 saturated heterocycles. The quantitative estimate of drug-likeness (QED) is 0.291. The number of benzene rings is 2. The molecule has 0 unspecified atom stereocenters. The van der Waals surface area contributed by atoms with Gasteiger partial charge in [0.15, 0.2) is 6.61 Å². The van der Waals surface area contributed by atoms with Crippen molar-refractivity contribution in [1.29, 1.82) is 0 Å². The zero-order valence-corrected chi connectivity index (χ0v) is 17.2. The van der Waals surface area contributed by atoms with E-state index in [0.717, 1.165) is 42.5 Å². The van der Waals surface area contributed by atoms with Gasteiger partial charge in [0, 0.05) is 13.0 Å². The number of ether oxygens (including phenoxy) is 1. The van der Waals surface area contributed by atoms with E-state index >= 15 is 0 Å². The first-order valence-electron chi connectivity index (χ1n) is 9.10. The van der Waals surface area contributed by atoms with E-state index in [0.29, 0.717) is 0 Å². The number of hydrogen-bond donors (Lipinski definition) is 3. The van der Waals surface area contributed by atoms with Crippen LogP contribution in [0.5, 0.6) is 5.75 Å². The van der Waals surface area contributed by atoms with Crippen molar-refractivity contribution in [3.8, 4) is 5.75 Å². The van der Waals surface area contributed by atoms with E-state index in [2.05, 4.69) is 10.1 Å². The molecule has 0 aromatic heterocycles. The molecule has 0 aliphatic rings. The second kappa shape index (κ2) is 10.9. The summed E-state index contributed by atoms with van der Waals surface area (Å²) in [5, 5.41) is 0. The van der Waals surface area contributed by atoms with Crippen LogP contribution in [-0.4, -0.2) is 33.4 Å². The summed E-state index contributed by atoms with van der Waals surface area (Å²) in [5.74, 6) is -2.19. The number of alkyl halides is 3. The molecule has 2 aromatic rings. The molecule has 2 rings (SSSR count). The molecule has 0 bridgehead atoms. The van der Waals surface area contributed by atoms with Crippen molar-refractivity contribution < 1.29 is 40.3 Å². The minimum absolute atomic E-state index is 0.0836. The third-order valence-electron chi connectivity index (χ3n) is 3.87. The summed E-state index contributed by atoms with van der Waals surface area (Å²) in [6.45, 7) is -0.723. The molecule has 0 saturated carbocycles. The van der Waals surface area contributed by atoms with Crippen LogP contribution in [0.3, 0.4) is 0 Å². The van der Waals surface area contributed by atoms with Gasteiger partial charge in [-0.1, -0.05) is 6.07 Å². The average Bonchev–Trinajstić information content (AvgIpc) is 2.74. The zero-order chi connectivity index (χ0) is 23.8. The topological polar surface area (TPSA) is 114 Å². The standard InChI is InChI=1S/C19H19F4N3O5S/c20-14-6-8-16(9-7-14)32(29,30)24-10-2-5-17(27)25-26-18(28)12-31-15-4-1-3-13(11-15)19(21,22)23/h1,3-4,6-9,11,24H,2,5,10,12H2,(H,25,27)(H,26,28). The Morgan fingerprint density at radius 1 is 0.969 bits per heavy atom. The minimum atomic E-state index is -4.55. The Morgan fingerprint density at radius 2 is 1.62 bits per heavy atom. The number of halogens is 4. The van der Waals surface area contributed by atoms with Gasteiger partial charge < -0.3 is 4.74 Å². The Kier molecular flexibility index (Phi) is 8.55. The number of rotatable bonds is 9. The fourth-order valence-electron chi connectivity index (χ4n) is 2.30. The van der Waals surface area contributed by atoms with Crippen LogP contribution in [0.4, 0.5) is 17.6 Å². The molecule has 0 heterocycles. The maximum atomic E-state index is 12.9. The Labute approximate surface area is 181 Å². The summed E-state index contributed by atoms with van der Waals surface area (Å²) in [7, 11) is -3.85. The van der Waals surface area contributed by atoms with Crippen LogP contribution in [0, 0.1) is 5.82 Å². The van der Waals surface area contributed by atoms with Gasteiger partial charge >= 0.3 is 6.18 Å². The van der Waals surface area contributed by atoms with Gasteiger partial charge in [0.1, 0.15) is 11.6 Å². The number of hydrogen-bond acceptors (Lipinski definition) is 5. The van der Waals surface area contributed by atoms with Crippen molar-refractivity contribution in [1.82, 2.24) is 15.6 Å². The zero-order valence-electron chi connectivity index (χ0n) is 16.4. The van der Waals surface area contributed by atoms with Crippen LogP contribution in [0.15, 0.2) is 53.4 Å². The van der Waals surface area contributed by atoms with Gasteiger partial charge in [0.2, 0.25) is 15.9 Å². The molecule has 0 fully saturated rings. The van der Waals surface area contributed by atoms with Gasteiger partial charge in [-0.25, -0.2) is 17.5 Å². The summed E-state index contributed by atoms with van der Waals surface area (Å²) in [6, 6.07) is 8.16. The lowest BCUT2D eigenvalue weighted by atomic mass is 10.2. The summed E-state index contributed by atoms with van der Waals surface area (Å²) in [5.41, 5.74) is 3.17. The highest BCUT2D eigenvalue weighted by Crippen LogP contribution is 2.31. The third kappa shape index (κ3) is 8.15. The van der Waals surface area contributed by atoms with Crippen LogP contribution in [0.1, 0.15) is 18.4 Å². The van der Waals surface area contributed by atoms with Crippen molar-refractivity contribution >= 4 is 21.8 Å². The van der Waals surface area contributed by atoms with Crippen molar-refractivity contribution in [2.75, 3.05) is 13.2 Å². The largest absolute Gasteiger partial charge is 0.484 e. The van der Waals surface area contributed by atoms with Crippen molar-refractivity contribution in [3.63, 3.8) is 0 Å². The molecule has 174 valence electrons. The smallest absolute Gasteiger partial charge is 0.416 e. The summed E-state index contributed by atoms with van der Waals surface area (Å²) < 4.78 is 82.0. The predicted octanol–water partition coefficient (Wildman–Crippen LogP) is 2.13. The summed E-state index contributed by atoms with van der Waals surface area (Å²) in [4.78, 5) is 23.2. The Bertz CT molecular complexity index is 1040. The number of amides is 2. The lowest BCUT2D eigenvalue weighted by Crippen LogP contribution is -2.44. The van der Waals surface area contributed by atoms with Crippen LogP contribution in [0.25, 0.3) is 0 Å². The third-order valence-corrected chi connectivity index (χ3v) is 5.35. The highest BCUT2D eigenvalue weighted by Gasteiger charge is 2.30. The van der Waals surface area contributed by atoms with E-state index in [-0.39, 0.29) is 30.0 Å². The highest BCUT2D eigenvalue weighted by atomic mass is 32.2. The Balaban J connectivity index is 1.66. The van der Waals surface area contributed by atoms with Crippen LogP contribution in [-0.2, 0) is 25.8 Å². The fraction of sp³-hybridized carbons (Fsp3) is 0.263. The number of nitrogens with one attached hydrogen (secondary N) is 3. The number of sulfonamides is 1. The number of carbonyl (C=O) groups excluding carboxylic acids is 2. The first-order chi connectivity index (χ1) is 15.0. The predicted molar refractivity (Wildman–Crippen MR) is 104 cm³/mol. The molecule has 0 radical (unpaired) electrons. The van der Waals surface area contributed by atoms with Crippen LogP contribution < -0.4 is 20.3 Å². The first-order valence-corrected chi connectivity index (χ1v) is 10.6. The highest BCUT2D eigenvalue weighted by molar-refractivity contribution is 7.89. The maximum absolute atomic E-state index is 12.9. The van der Waals surface area contributed by atoms with Gasteiger partial charge in [0.05, 0.1) is 10.5 Å². The summed E-state index contributed by atoms with van der Waals surface area (Å²) >= 11 is 0. The van der Waals surface area contributed by atoms with E-state index in [1.165, 1.54) is 6.07 Å². The Hall–Kier alpha value is -3.19. The first kappa shape index (κ1) is 25.1. The molecule has 0 aliphatic heterocycles. The van der Waals surface area contributed by atoms with Crippen molar-refractivity contribution in [3.05, 3.63) is 59.9 Å². The SMILES string of the molecule is O=C(CCCNS(=O)(=O)c1ccc(F)cc1)NNC(=O)COc1cccc(C(F)(F)F)c1. The van der Waals surface area contributed by atoms with Crippen LogP contribution >= 0.6 is 0 Å². The monoisotopic (exact) mass is 477 g/mol.